The number of carbonyl (C=O) groups is 1. The Kier molecular flexibility index (Phi) is 9.60. The zero-order chi connectivity index (χ0) is 31.2. The molecule has 0 atom stereocenters. The van der Waals surface area contributed by atoms with Crippen molar-refractivity contribution in [3.05, 3.63) is 100 Å². The number of amides is 1. The number of aryl methyl sites for hydroxylation is 1. The van der Waals surface area contributed by atoms with E-state index in [1.165, 1.54) is 22.5 Å². The Balaban J connectivity index is 0.000000390. The predicted molar refractivity (Wildman–Crippen MR) is 180 cm³/mol. The van der Waals surface area contributed by atoms with Crippen molar-refractivity contribution in [3.8, 4) is 22.9 Å². The third-order valence-electron chi connectivity index (χ3n) is 7.92. The van der Waals surface area contributed by atoms with Gasteiger partial charge in [-0.25, -0.2) is 9.97 Å². The van der Waals surface area contributed by atoms with Crippen LogP contribution in [0, 0.1) is 18.3 Å². The fourth-order valence-corrected chi connectivity index (χ4v) is 6.16. The van der Waals surface area contributed by atoms with Crippen molar-refractivity contribution in [1.29, 1.82) is 5.26 Å². The van der Waals surface area contributed by atoms with Crippen LogP contribution >= 0.6 is 24.0 Å². The number of H-pyrrole nitrogens is 1. The number of ether oxygens (including phenoxy) is 2. The van der Waals surface area contributed by atoms with Crippen LogP contribution in [0.15, 0.2) is 83.5 Å². The van der Waals surface area contributed by atoms with Gasteiger partial charge in [0.1, 0.15) is 23.6 Å². The Labute approximate surface area is 271 Å². The highest BCUT2D eigenvalue weighted by Crippen LogP contribution is 2.34. The third-order valence-corrected chi connectivity index (χ3v) is 8.98. The van der Waals surface area contributed by atoms with Gasteiger partial charge in [-0.2, -0.15) is 5.26 Å². The number of fused-ring (bicyclic) bond motifs is 1. The van der Waals surface area contributed by atoms with E-state index in [0.29, 0.717) is 42.6 Å². The molecule has 1 N–H and O–H groups in total. The van der Waals surface area contributed by atoms with Gasteiger partial charge in [-0.3, -0.25) is 4.79 Å². The minimum absolute atomic E-state index is 0.0238. The van der Waals surface area contributed by atoms with E-state index in [0.717, 1.165) is 51.9 Å². The van der Waals surface area contributed by atoms with Crippen LogP contribution in [-0.4, -0.2) is 58.2 Å². The number of benzene rings is 2. The molecule has 0 aliphatic carbocycles. The standard InChI is InChI=1S/C28H25N5O3S.C7H8S/c29-15-20-13-19(1-2-25(20)36-22-5-10-35-11-6-22)24-17-32-26-23(24)14-21(16-31-26)18-3-8-33(9-4-18)28(34)27-30-7-12-37-27;1-6-2-4-7(8)5-3-6/h1-3,7,12-14,16-17,22H,4-6,8-11H2,(H,31,32);2-5,8H,1H3. The summed E-state index contributed by atoms with van der Waals surface area (Å²) in [4.78, 5) is 27.5. The predicted octanol–water partition coefficient (Wildman–Crippen LogP) is 7.33. The van der Waals surface area contributed by atoms with Crippen LogP contribution in [0.5, 0.6) is 5.75 Å². The van der Waals surface area contributed by atoms with Crippen LogP contribution in [0.1, 0.15) is 45.8 Å². The van der Waals surface area contributed by atoms with Crippen LogP contribution in [0.25, 0.3) is 27.7 Å². The highest BCUT2D eigenvalue weighted by Gasteiger charge is 2.22. The smallest absolute Gasteiger partial charge is 0.283 e. The fraction of sp³-hybridized carbons (Fsp3) is 0.257. The molecule has 10 heteroatoms. The first kappa shape index (κ1) is 30.6. The molecule has 3 aromatic heterocycles. The number of carbonyl (C=O) groups excluding carboxylic acids is 1. The minimum atomic E-state index is -0.0238. The lowest BCUT2D eigenvalue weighted by molar-refractivity contribution is 0.0254. The van der Waals surface area contributed by atoms with Gasteiger partial charge in [-0.1, -0.05) is 29.8 Å². The average Bonchev–Trinajstić information content (AvgIpc) is 3.78. The van der Waals surface area contributed by atoms with Crippen LogP contribution in [0.2, 0.25) is 0 Å². The van der Waals surface area contributed by atoms with Crippen molar-refractivity contribution in [2.75, 3.05) is 26.3 Å². The summed E-state index contributed by atoms with van der Waals surface area (Å²) < 4.78 is 11.5. The molecule has 2 aliphatic rings. The second kappa shape index (κ2) is 14.1. The van der Waals surface area contributed by atoms with E-state index in [4.69, 9.17) is 9.47 Å². The molecule has 0 bridgehead atoms. The normalized spacial score (nSPS) is 15.1. The Bertz CT molecular complexity index is 1830. The third kappa shape index (κ3) is 7.28. The molecule has 2 aliphatic heterocycles. The Hall–Kier alpha value is -4.43. The van der Waals surface area contributed by atoms with Crippen molar-refractivity contribution in [2.45, 2.75) is 37.2 Å². The van der Waals surface area contributed by atoms with Crippen molar-refractivity contribution >= 4 is 46.5 Å². The van der Waals surface area contributed by atoms with Crippen LogP contribution in [0.4, 0.5) is 0 Å². The van der Waals surface area contributed by atoms with Crippen LogP contribution in [-0.2, 0) is 4.74 Å². The monoisotopic (exact) mass is 635 g/mol. The number of hydrogen-bond donors (Lipinski definition) is 2. The number of thiazole rings is 1. The van der Waals surface area contributed by atoms with Gasteiger partial charge in [0.25, 0.3) is 5.91 Å². The fourth-order valence-electron chi connectivity index (χ4n) is 5.40. The zero-order valence-electron chi connectivity index (χ0n) is 24.9. The maximum Gasteiger partial charge on any atom is 0.283 e. The highest BCUT2D eigenvalue weighted by molar-refractivity contribution is 7.80. The topological polar surface area (TPSA) is 104 Å². The quantitative estimate of drug-likeness (QED) is 0.196. The van der Waals surface area contributed by atoms with Crippen molar-refractivity contribution in [3.63, 3.8) is 0 Å². The SMILES string of the molecule is Cc1ccc(S)cc1.N#Cc1cc(-c2c[nH]c3ncc(C4=CCN(C(=O)c5nccs5)CC4)cc23)ccc1OC1CCOCC1. The van der Waals surface area contributed by atoms with Gasteiger partial charge in [0.05, 0.1) is 18.8 Å². The van der Waals surface area contributed by atoms with Gasteiger partial charge in [0.15, 0.2) is 5.01 Å². The van der Waals surface area contributed by atoms with E-state index in [9.17, 15) is 10.1 Å². The lowest BCUT2D eigenvalue weighted by Crippen LogP contribution is -2.34. The second-order valence-corrected chi connectivity index (χ2v) is 12.4. The molecule has 5 heterocycles. The molecule has 2 aromatic carbocycles. The molecule has 5 aromatic rings. The summed E-state index contributed by atoms with van der Waals surface area (Å²) in [6.45, 7) is 4.62. The molecular formula is C35H33N5O3S2. The number of nitriles is 1. The van der Waals surface area contributed by atoms with E-state index in [-0.39, 0.29) is 12.0 Å². The Morgan fingerprint density at radius 3 is 2.64 bits per heavy atom. The number of nitrogens with one attached hydrogen (secondary N) is 1. The summed E-state index contributed by atoms with van der Waals surface area (Å²) in [6, 6.07) is 18.2. The molecule has 0 radical (unpaired) electrons. The summed E-state index contributed by atoms with van der Waals surface area (Å²) >= 11 is 5.50. The molecule has 7 rings (SSSR count). The van der Waals surface area contributed by atoms with E-state index in [2.05, 4.69) is 52.7 Å². The second-order valence-electron chi connectivity index (χ2n) is 11.0. The first-order chi connectivity index (χ1) is 22.0. The molecule has 0 spiro atoms. The van der Waals surface area contributed by atoms with Gasteiger partial charge >= 0.3 is 0 Å². The van der Waals surface area contributed by atoms with Crippen LogP contribution in [0.3, 0.4) is 0 Å². The molecule has 1 saturated heterocycles. The molecule has 8 nitrogen and oxygen atoms in total. The lowest BCUT2D eigenvalue weighted by atomic mass is 9.98. The minimum Gasteiger partial charge on any atom is -0.489 e. The van der Waals surface area contributed by atoms with Crippen molar-refractivity contribution in [2.24, 2.45) is 0 Å². The van der Waals surface area contributed by atoms with Crippen LogP contribution < -0.4 is 4.74 Å². The summed E-state index contributed by atoms with van der Waals surface area (Å²) in [6.07, 6.45) is 10.0. The average molecular weight is 636 g/mol. The first-order valence-electron chi connectivity index (χ1n) is 14.9. The number of thiol groups is 1. The van der Waals surface area contributed by atoms with Gasteiger partial charge in [0, 0.05) is 65.7 Å². The summed E-state index contributed by atoms with van der Waals surface area (Å²) in [5.74, 6) is 0.588. The number of pyridine rings is 1. The highest BCUT2D eigenvalue weighted by atomic mass is 32.1. The van der Waals surface area contributed by atoms with Gasteiger partial charge in [-0.15, -0.1) is 24.0 Å². The van der Waals surface area contributed by atoms with Gasteiger partial charge in [-0.05, 0) is 60.4 Å². The van der Waals surface area contributed by atoms with Crippen molar-refractivity contribution in [1.82, 2.24) is 19.9 Å². The van der Waals surface area contributed by atoms with E-state index in [1.807, 2.05) is 65.1 Å². The molecular weight excluding hydrogens is 603 g/mol. The molecule has 0 unspecified atom stereocenters. The van der Waals surface area contributed by atoms with Gasteiger partial charge in [0.2, 0.25) is 0 Å². The molecule has 1 fully saturated rings. The number of nitrogens with zero attached hydrogens (tertiary/aromatic N) is 4. The number of hydrogen-bond acceptors (Lipinski definition) is 8. The van der Waals surface area contributed by atoms with E-state index < -0.39 is 0 Å². The lowest BCUT2D eigenvalue weighted by Gasteiger charge is -2.25. The molecule has 0 saturated carbocycles. The number of rotatable bonds is 5. The summed E-state index contributed by atoms with van der Waals surface area (Å²) in [5, 5.41) is 13.1. The van der Waals surface area contributed by atoms with Crippen molar-refractivity contribution < 1.29 is 14.3 Å². The number of aromatic nitrogens is 3. The zero-order valence-corrected chi connectivity index (χ0v) is 26.6. The summed E-state index contributed by atoms with van der Waals surface area (Å²) in [5.41, 5.74) is 6.70. The summed E-state index contributed by atoms with van der Waals surface area (Å²) in [7, 11) is 0. The first-order valence-corrected chi connectivity index (χ1v) is 16.2. The molecule has 228 valence electrons. The Morgan fingerprint density at radius 1 is 1.13 bits per heavy atom. The largest absolute Gasteiger partial charge is 0.489 e. The molecule has 45 heavy (non-hydrogen) atoms. The number of aromatic amines is 1. The van der Waals surface area contributed by atoms with E-state index in [1.54, 1.807) is 6.20 Å². The van der Waals surface area contributed by atoms with Gasteiger partial charge < -0.3 is 19.4 Å². The Morgan fingerprint density at radius 2 is 1.96 bits per heavy atom. The molecule has 1 amide bonds. The maximum atomic E-state index is 12.6. The maximum absolute atomic E-state index is 12.6. The van der Waals surface area contributed by atoms with E-state index >= 15 is 0 Å².